The zero-order chi connectivity index (χ0) is 22.1. The van der Waals surface area contributed by atoms with Gasteiger partial charge in [-0.1, -0.05) is 29.9 Å². The van der Waals surface area contributed by atoms with Crippen LogP contribution in [0, 0.1) is 6.92 Å². The molecule has 1 aliphatic carbocycles. The maximum Gasteiger partial charge on any atom is 0.407 e. The molecule has 1 amide bonds. The highest BCUT2D eigenvalue weighted by Gasteiger charge is 2.19. The average molecular weight is 430 g/mol. The van der Waals surface area contributed by atoms with Gasteiger partial charge in [-0.15, -0.1) is 0 Å². The Morgan fingerprint density at radius 3 is 2.65 bits per heavy atom. The van der Waals surface area contributed by atoms with Gasteiger partial charge in [0.1, 0.15) is 6.61 Å². The third-order valence-electron chi connectivity index (χ3n) is 5.98. The van der Waals surface area contributed by atoms with Crippen LogP contribution in [-0.2, 0) is 11.3 Å². The number of hydrogen-bond donors (Lipinski definition) is 2. The minimum Gasteiger partial charge on any atom is -0.504 e. The highest BCUT2D eigenvalue weighted by molar-refractivity contribution is 5.67. The Kier molecular flexibility index (Phi) is 8.79. The van der Waals surface area contributed by atoms with E-state index in [-0.39, 0.29) is 11.8 Å². The van der Waals surface area contributed by atoms with Crippen LogP contribution < -0.4 is 10.1 Å². The van der Waals surface area contributed by atoms with E-state index in [0.717, 1.165) is 69.7 Å². The molecule has 0 saturated carbocycles. The van der Waals surface area contributed by atoms with Gasteiger partial charge < -0.3 is 19.9 Å². The monoisotopic (exact) mass is 429 g/mol. The second kappa shape index (κ2) is 11.8. The summed E-state index contributed by atoms with van der Waals surface area (Å²) in [4.78, 5) is 16.6. The fourth-order valence-electron chi connectivity index (χ4n) is 3.95. The Labute approximate surface area is 185 Å². The molecule has 1 heterocycles. The largest absolute Gasteiger partial charge is 0.504 e. The molecule has 7 nitrogen and oxygen atoms in total. The van der Waals surface area contributed by atoms with Gasteiger partial charge in [-0.05, 0) is 43.4 Å². The van der Waals surface area contributed by atoms with Gasteiger partial charge in [0.2, 0.25) is 0 Å². The fourth-order valence-corrected chi connectivity index (χ4v) is 3.95. The second-order valence-corrected chi connectivity index (χ2v) is 8.09. The number of rotatable bonds is 9. The first kappa shape index (κ1) is 23.2. The standard InChI is InChI=1S/C24H35N3O4/c1-19-21(8-9-22(30-2)23(19)28)18-27-14-12-26(13-15-27)16-17-31-24(29)25-11-10-20-6-4-3-5-7-20/h4,6-9,28H,3,5,10-18H2,1-2H3,(H,25,29). The Morgan fingerprint density at radius 1 is 1.16 bits per heavy atom. The van der Waals surface area contributed by atoms with Crippen LogP contribution in [0.4, 0.5) is 4.79 Å². The summed E-state index contributed by atoms with van der Waals surface area (Å²) in [5.74, 6) is 0.735. The van der Waals surface area contributed by atoms with Gasteiger partial charge in [0.15, 0.2) is 11.5 Å². The van der Waals surface area contributed by atoms with Crippen molar-refractivity contribution in [2.24, 2.45) is 0 Å². The molecule has 2 aliphatic rings. The van der Waals surface area contributed by atoms with Crippen molar-refractivity contribution in [1.82, 2.24) is 15.1 Å². The molecule has 1 saturated heterocycles. The highest BCUT2D eigenvalue weighted by atomic mass is 16.5. The Balaban J connectivity index is 1.30. The lowest BCUT2D eigenvalue weighted by atomic mass is 10.0. The molecular formula is C24H35N3O4. The number of methoxy groups -OCH3 is 1. The summed E-state index contributed by atoms with van der Waals surface area (Å²) >= 11 is 0. The van der Waals surface area contributed by atoms with Gasteiger partial charge in [-0.3, -0.25) is 9.80 Å². The molecule has 0 radical (unpaired) electrons. The molecule has 1 aliphatic heterocycles. The number of benzene rings is 1. The maximum atomic E-state index is 11.9. The maximum absolute atomic E-state index is 11.9. The number of ether oxygens (including phenoxy) is 2. The van der Waals surface area contributed by atoms with Gasteiger partial charge in [0, 0.05) is 45.8 Å². The molecule has 1 fully saturated rings. The third kappa shape index (κ3) is 7.01. The number of nitrogens with one attached hydrogen (secondary N) is 1. The van der Waals surface area contributed by atoms with Gasteiger partial charge in [-0.25, -0.2) is 4.79 Å². The first-order valence-corrected chi connectivity index (χ1v) is 11.1. The van der Waals surface area contributed by atoms with E-state index in [1.807, 2.05) is 19.1 Å². The van der Waals surface area contributed by atoms with Crippen LogP contribution in [0.3, 0.4) is 0 Å². The molecule has 0 aromatic heterocycles. The van der Waals surface area contributed by atoms with Gasteiger partial charge in [0.25, 0.3) is 0 Å². The van der Waals surface area contributed by atoms with Crippen molar-refractivity contribution in [3.63, 3.8) is 0 Å². The topological polar surface area (TPSA) is 74.3 Å². The van der Waals surface area contributed by atoms with Crippen LogP contribution in [0.5, 0.6) is 11.5 Å². The zero-order valence-electron chi connectivity index (χ0n) is 18.7. The minimum absolute atomic E-state index is 0.223. The van der Waals surface area contributed by atoms with E-state index in [9.17, 15) is 9.90 Å². The molecule has 0 atom stereocenters. The third-order valence-corrected chi connectivity index (χ3v) is 5.98. The van der Waals surface area contributed by atoms with Crippen LogP contribution in [0.15, 0.2) is 35.9 Å². The predicted octanol–water partition coefficient (Wildman–Crippen LogP) is 3.22. The van der Waals surface area contributed by atoms with Crippen molar-refractivity contribution in [3.8, 4) is 11.5 Å². The van der Waals surface area contributed by atoms with E-state index in [1.165, 1.54) is 5.57 Å². The summed E-state index contributed by atoms with van der Waals surface area (Å²) in [6.07, 6.45) is 9.24. The predicted molar refractivity (Wildman–Crippen MR) is 122 cm³/mol. The molecule has 2 N–H and O–H groups in total. The summed E-state index contributed by atoms with van der Waals surface area (Å²) in [5.41, 5.74) is 3.27. The van der Waals surface area contributed by atoms with Gasteiger partial charge >= 0.3 is 6.09 Å². The smallest absolute Gasteiger partial charge is 0.407 e. The number of carbonyl (C=O) groups is 1. The lowest BCUT2D eigenvalue weighted by Gasteiger charge is -2.34. The summed E-state index contributed by atoms with van der Waals surface area (Å²) in [5, 5.41) is 13.0. The van der Waals surface area contributed by atoms with Crippen LogP contribution in [0.1, 0.15) is 30.4 Å². The lowest BCUT2D eigenvalue weighted by Crippen LogP contribution is -2.47. The zero-order valence-corrected chi connectivity index (χ0v) is 18.7. The molecule has 1 aromatic carbocycles. The summed E-state index contributed by atoms with van der Waals surface area (Å²) in [7, 11) is 1.56. The molecule has 0 bridgehead atoms. The van der Waals surface area contributed by atoms with Crippen molar-refractivity contribution in [3.05, 3.63) is 47.1 Å². The number of allylic oxidation sites excluding steroid dienone is 3. The number of alkyl carbamates (subject to hydrolysis) is 1. The first-order valence-electron chi connectivity index (χ1n) is 11.1. The number of hydrogen-bond acceptors (Lipinski definition) is 6. The SMILES string of the molecule is COc1ccc(CN2CCN(CCOC(=O)NCCC3=CCCC=C3)CC2)c(C)c1O. The molecule has 1 aromatic rings. The Bertz CT molecular complexity index is 798. The van der Waals surface area contributed by atoms with E-state index in [1.54, 1.807) is 7.11 Å². The number of piperazine rings is 1. The quantitative estimate of drug-likeness (QED) is 0.628. The lowest BCUT2D eigenvalue weighted by molar-refractivity contribution is 0.0927. The second-order valence-electron chi connectivity index (χ2n) is 8.09. The number of nitrogens with zero attached hydrogens (tertiary/aromatic N) is 2. The summed E-state index contributed by atoms with van der Waals surface area (Å²) < 4.78 is 10.5. The van der Waals surface area contributed by atoms with Crippen LogP contribution in [0.2, 0.25) is 0 Å². The molecule has 31 heavy (non-hydrogen) atoms. The molecule has 0 unspecified atom stereocenters. The first-order chi connectivity index (χ1) is 15.1. The molecule has 7 heteroatoms. The van der Waals surface area contributed by atoms with Crippen LogP contribution in [0.25, 0.3) is 0 Å². The number of aromatic hydroxyl groups is 1. The van der Waals surface area contributed by atoms with Crippen LogP contribution in [-0.4, -0.2) is 74.0 Å². The van der Waals surface area contributed by atoms with Crippen molar-refractivity contribution >= 4 is 6.09 Å². The van der Waals surface area contributed by atoms with E-state index in [0.29, 0.717) is 18.9 Å². The minimum atomic E-state index is -0.339. The van der Waals surface area contributed by atoms with Crippen molar-refractivity contribution in [1.29, 1.82) is 0 Å². The van der Waals surface area contributed by atoms with Gasteiger partial charge in [-0.2, -0.15) is 0 Å². The molecule has 3 rings (SSSR count). The molecule has 0 spiro atoms. The molecule has 170 valence electrons. The van der Waals surface area contributed by atoms with E-state index in [2.05, 4.69) is 33.3 Å². The number of phenols is 1. The van der Waals surface area contributed by atoms with Crippen molar-refractivity contribution in [2.45, 2.75) is 32.7 Å². The van der Waals surface area contributed by atoms with Crippen molar-refractivity contribution < 1.29 is 19.4 Å². The molecular weight excluding hydrogens is 394 g/mol. The average Bonchev–Trinajstić information content (AvgIpc) is 2.79. The number of phenolic OH excluding ortho intramolecular Hbond substituents is 1. The normalized spacial score (nSPS) is 17.3. The Hall–Kier alpha value is -2.51. The van der Waals surface area contributed by atoms with Gasteiger partial charge in [0.05, 0.1) is 7.11 Å². The van der Waals surface area contributed by atoms with Crippen molar-refractivity contribution in [2.75, 3.05) is 53.0 Å². The fraction of sp³-hybridized carbons (Fsp3) is 0.542. The number of carbonyl (C=O) groups excluding carboxylic acids is 1. The van der Waals surface area contributed by atoms with E-state index in [4.69, 9.17) is 9.47 Å². The van der Waals surface area contributed by atoms with E-state index < -0.39 is 0 Å². The Morgan fingerprint density at radius 2 is 1.94 bits per heavy atom. The summed E-state index contributed by atoms with van der Waals surface area (Å²) in [6.45, 7) is 8.25. The van der Waals surface area contributed by atoms with E-state index >= 15 is 0 Å². The number of amides is 1. The highest BCUT2D eigenvalue weighted by Crippen LogP contribution is 2.32. The van der Waals surface area contributed by atoms with Crippen LogP contribution >= 0.6 is 0 Å². The summed E-state index contributed by atoms with van der Waals surface area (Å²) in [6, 6.07) is 3.84.